The summed E-state index contributed by atoms with van der Waals surface area (Å²) in [5.74, 6) is 4.54. The van der Waals surface area contributed by atoms with E-state index in [1.807, 2.05) is 42.1 Å². The summed E-state index contributed by atoms with van der Waals surface area (Å²) >= 11 is 8.01. The second kappa shape index (κ2) is 9.07. The van der Waals surface area contributed by atoms with Gasteiger partial charge in [-0.2, -0.15) is 16.7 Å². The second-order valence-corrected chi connectivity index (χ2v) is 8.28. The molecule has 152 valence electrons. The standard InChI is InChI=1S/C21H22ClN3O3S/c1-26-18-8-5-15(11-19(18)27-2)21-23-20(28-24-21)12-25-9-10-29-13-17(25)14-3-6-16(22)7-4-14/h3-8,11,17H,9-10,12-13H2,1-2H3. The van der Waals surface area contributed by atoms with E-state index >= 15 is 0 Å². The second-order valence-electron chi connectivity index (χ2n) is 6.69. The minimum Gasteiger partial charge on any atom is -0.493 e. The Balaban J connectivity index is 1.52. The molecule has 0 N–H and O–H groups in total. The molecule has 0 radical (unpaired) electrons. The summed E-state index contributed by atoms with van der Waals surface area (Å²) in [6.45, 7) is 1.57. The number of ether oxygens (including phenoxy) is 2. The number of hydrogen-bond acceptors (Lipinski definition) is 7. The average Bonchev–Trinajstić information content (AvgIpc) is 3.23. The molecule has 2 aromatic carbocycles. The van der Waals surface area contributed by atoms with Crippen LogP contribution < -0.4 is 9.47 Å². The van der Waals surface area contributed by atoms with Gasteiger partial charge < -0.3 is 14.0 Å². The summed E-state index contributed by atoms with van der Waals surface area (Å²) in [6.07, 6.45) is 0. The van der Waals surface area contributed by atoms with Gasteiger partial charge in [-0.1, -0.05) is 28.9 Å². The molecule has 6 nitrogen and oxygen atoms in total. The van der Waals surface area contributed by atoms with Crippen LogP contribution in [0.4, 0.5) is 0 Å². The van der Waals surface area contributed by atoms with E-state index in [9.17, 15) is 0 Å². The maximum absolute atomic E-state index is 6.05. The van der Waals surface area contributed by atoms with E-state index in [4.69, 9.17) is 25.6 Å². The van der Waals surface area contributed by atoms with Crippen LogP contribution in [0.1, 0.15) is 17.5 Å². The zero-order chi connectivity index (χ0) is 20.2. The first kappa shape index (κ1) is 20.1. The third kappa shape index (κ3) is 4.52. The van der Waals surface area contributed by atoms with Crippen LogP contribution in [0.25, 0.3) is 11.4 Å². The van der Waals surface area contributed by atoms with Gasteiger partial charge >= 0.3 is 0 Å². The number of thioether (sulfide) groups is 1. The van der Waals surface area contributed by atoms with Crippen molar-refractivity contribution < 1.29 is 14.0 Å². The fourth-order valence-electron chi connectivity index (χ4n) is 3.40. The summed E-state index contributed by atoms with van der Waals surface area (Å²) < 4.78 is 16.2. The summed E-state index contributed by atoms with van der Waals surface area (Å²) in [5, 5.41) is 4.91. The van der Waals surface area contributed by atoms with Crippen LogP contribution in [-0.2, 0) is 6.54 Å². The van der Waals surface area contributed by atoms with E-state index in [0.717, 1.165) is 28.6 Å². The van der Waals surface area contributed by atoms with Crippen LogP contribution in [0, 0.1) is 0 Å². The van der Waals surface area contributed by atoms with Crippen LogP contribution in [-0.4, -0.2) is 47.3 Å². The number of halogens is 1. The van der Waals surface area contributed by atoms with Gasteiger partial charge in [-0.3, -0.25) is 4.90 Å². The number of hydrogen-bond donors (Lipinski definition) is 0. The molecular formula is C21H22ClN3O3S. The minimum absolute atomic E-state index is 0.294. The van der Waals surface area contributed by atoms with E-state index in [-0.39, 0.29) is 0 Å². The van der Waals surface area contributed by atoms with Crippen molar-refractivity contribution in [1.82, 2.24) is 15.0 Å². The maximum Gasteiger partial charge on any atom is 0.241 e. The molecular weight excluding hydrogens is 410 g/mol. The summed E-state index contributed by atoms with van der Waals surface area (Å²) in [5.41, 5.74) is 2.07. The SMILES string of the molecule is COc1ccc(-c2noc(CN3CCSCC3c3ccc(Cl)cc3)n2)cc1OC. The third-order valence-corrected chi connectivity index (χ3v) is 6.22. The van der Waals surface area contributed by atoms with Gasteiger partial charge in [-0.25, -0.2) is 0 Å². The molecule has 0 spiro atoms. The molecule has 1 saturated heterocycles. The van der Waals surface area contributed by atoms with E-state index in [1.165, 1.54) is 5.56 Å². The van der Waals surface area contributed by atoms with Crippen molar-refractivity contribution in [2.24, 2.45) is 0 Å². The Kier molecular flexibility index (Phi) is 6.28. The summed E-state index contributed by atoms with van der Waals surface area (Å²) in [4.78, 5) is 6.98. The molecule has 0 saturated carbocycles. The lowest BCUT2D eigenvalue weighted by Gasteiger charge is -2.34. The van der Waals surface area contributed by atoms with E-state index in [1.54, 1.807) is 14.2 Å². The van der Waals surface area contributed by atoms with Gasteiger partial charge in [0.25, 0.3) is 0 Å². The lowest BCUT2D eigenvalue weighted by atomic mass is 10.1. The largest absolute Gasteiger partial charge is 0.493 e. The van der Waals surface area contributed by atoms with Crippen molar-refractivity contribution in [2.75, 3.05) is 32.3 Å². The topological polar surface area (TPSA) is 60.6 Å². The molecule has 4 rings (SSSR count). The molecule has 0 amide bonds. The summed E-state index contributed by atoms with van der Waals surface area (Å²) in [7, 11) is 3.21. The molecule has 1 unspecified atom stereocenters. The Bertz CT molecular complexity index is 964. The fourth-order valence-corrected chi connectivity index (χ4v) is 4.69. The highest BCUT2D eigenvalue weighted by atomic mass is 35.5. The third-order valence-electron chi connectivity index (χ3n) is 4.94. The number of benzene rings is 2. The van der Waals surface area contributed by atoms with Crippen LogP contribution in [0.2, 0.25) is 5.02 Å². The highest BCUT2D eigenvalue weighted by molar-refractivity contribution is 7.99. The molecule has 0 aliphatic carbocycles. The number of methoxy groups -OCH3 is 2. The van der Waals surface area contributed by atoms with Gasteiger partial charge in [-0.05, 0) is 35.9 Å². The van der Waals surface area contributed by atoms with Crippen molar-refractivity contribution in [3.8, 4) is 22.9 Å². The molecule has 3 aromatic rings. The highest BCUT2D eigenvalue weighted by Crippen LogP contribution is 2.33. The lowest BCUT2D eigenvalue weighted by Crippen LogP contribution is -2.35. The van der Waals surface area contributed by atoms with Gasteiger partial charge in [0.05, 0.1) is 20.8 Å². The first-order chi connectivity index (χ1) is 14.2. The smallest absolute Gasteiger partial charge is 0.241 e. The minimum atomic E-state index is 0.294. The van der Waals surface area contributed by atoms with Crippen molar-refractivity contribution >= 4 is 23.4 Å². The zero-order valence-corrected chi connectivity index (χ0v) is 17.9. The molecule has 8 heteroatoms. The Morgan fingerprint density at radius 2 is 1.93 bits per heavy atom. The molecule has 0 bridgehead atoms. The van der Waals surface area contributed by atoms with Gasteiger partial charge in [0, 0.05) is 34.7 Å². The van der Waals surface area contributed by atoms with Crippen molar-refractivity contribution in [2.45, 2.75) is 12.6 Å². The van der Waals surface area contributed by atoms with Crippen LogP contribution in [0.3, 0.4) is 0 Å². The number of rotatable bonds is 6. The molecule has 1 atom stereocenters. The van der Waals surface area contributed by atoms with Crippen LogP contribution in [0.5, 0.6) is 11.5 Å². The van der Waals surface area contributed by atoms with Gasteiger partial charge in [0.2, 0.25) is 11.7 Å². The Hall–Kier alpha value is -2.22. The van der Waals surface area contributed by atoms with Crippen LogP contribution >= 0.6 is 23.4 Å². The molecule has 1 aliphatic rings. The molecule has 1 aliphatic heterocycles. The quantitative estimate of drug-likeness (QED) is 0.560. The first-order valence-corrected chi connectivity index (χ1v) is 10.8. The maximum atomic E-state index is 6.05. The fraction of sp³-hybridized carbons (Fsp3) is 0.333. The predicted molar refractivity (Wildman–Crippen MR) is 115 cm³/mol. The van der Waals surface area contributed by atoms with E-state index in [2.05, 4.69) is 27.2 Å². The predicted octanol–water partition coefficient (Wildman–Crippen LogP) is 4.70. The van der Waals surface area contributed by atoms with Gasteiger partial charge in [0.15, 0.2) is 11.5 Å². The van der Waals surface area contributed by atoms with Crippen LogP contribution in [0.15, 0.2) is 47.0 Å². The number of aromatic nitrogens is 2. The Morgan fingerprint density at radius 1 is 1.14 bits per heavy atom. The molecule has 1 fully saturated rings. The lowest BCUT2D eigenvalue weighted by molar-refractivity contribution is 0.184. The molecule has 29 heavy (non-hydrogen) atoms. The van der Waals surface area contributed by atoms with Crippen molar-refractivity contribution in [3.05, 3.63) is 58.9 Å². The Labute approximate surface area is 179 Å². The van der Waals surface area contributed by atoms with Gasteiger partial charge in [0.1, 0.15) is 0 Å². The first-order valence-electron chi connectivity index (χ1n) is 9.30. The van der Waals surface area contributed by atoms with E-state index < -0.39 is 0 Å². The zero-order valence-electron chi connectivity index (χ0n) is 16.3. The van der Waals surface area contributed by atoms with Crippen molar-refractivity contribution in [3.63, 3.8) is 0 Å². The monoisotopic (exact) mass is 431 g/mol. The average molecular weight is 432 g/mol. The highest BCUT2D eigenvalue weighted by Gasteiger charge is 2.26. The Morgan fingerprint density at radius 3 is 2.69 bits per heavy atom. The normalized spacial score (nSPS) is 17.3. The molecule has 2 heterocycles. The van der Waals surface area contributed by atoms with Gasteiger partial charge in [-0.15, -0.1) is 0 Å². The molecule has 1 aromatic heterocycles. The number of nitrogens with zero attached hydrogens (tertiary/aromatic N) is 3. The van der Waals surface area contributed by atoms with Crippen molar-refractivity contribution in [1.29, 1.82) is 0 Å². The summed E-state index contributed by atoms with van der Waals surface area (Å²) in [6, 6.07) is 13.9. The van der Waals surface area contributed by atoms with E-state index in [0.29, 0.717) is 35.8 Å².